The van der Waals surface area contributed by atoms with Crippen molar-refractivity contribution in [2.75, 3.05) is 25.0 Å². The number of carbonyl (C=O) groups is 2. The van der Waals surface area contributed by atoms with Crippen LogP contribution in [0.1, 0.15) is 24.2 Å². The molecule has 0 saturated carbocycles. The summed E-state index contributed by atoms with van der Waals surface area (Å²) in [4.78, 5) is 22.3. The Morgan fingerprint density at radius 2 is 1.65 bits per heavy atom. The lowest BCUT2D eigenvalue weighted by Gasteiger charge is -2.10. The molecule has 0 unspecified atom stereocenters. The average molecular weight is 285 g/mol. The second-order valence-electron chi connectivity index (χ2n) is 4.08. The fraction of sp³-hybridized carbons (Fsp3) is 0.385. The van der Waals surface area contributed by atoms with Gasteiger partial charge in [0.05, 0.1) is 0 Å². The molecule has 2 amide bonds. The molecule has 0 aliphatic rings. The molecule has 0 bridgehead atoms. The Labute approximate surface area is 115 Å². The number of anilines is 1. The van der Waals surface area contributed by atoms with E-state index in [0.717, 1.165) is 12.1 Å². The maximum Gasteiger partial charge on any atom is 0.251 e. The van der Waals surface area contributed by atoms with Gasteiger partial charge in [-0.15, -0.1) is 0 Å². The Morgan fingerprint density at radius 3 is 2.15 bits per heavy atom. The monoisotopic (exact) mass is 285 g/mol. The third-order valence-corrected chi connectivity index (χ3v) is 2.44. The molecule has 0 saturated heterocycles. The average Bonchev–Trinajstić information content (AvgIpc) is 2.38. The molecule has 5 nitrogen and oxygen atoms in total. The van der Waals surface area contributed by atoms with Gasteiger partial charge in [-0.05, 0) is 19.1 Å². The summed E-state index contributed by atoms with van der Waals surface area (Å²) in [5, 5.41) is 7.49. The van der Waals surface area contributed by atoms with Crippen molar-refractivity contribution in [3.05, 3.63) is 29.3 Å². The molecule has 0 aliphatic carbocycles. The van der Waals surface area contributed by atoms with Gasteiger partial charge >= 0.3 is 0 Å². The molecule has 0 aromatic heterocycles. The summed E-state index contributed by atoms with van der Waals surface area (Å²) in [5.41, 5.74) is -0.355. The van der Waals surface area contributed by atoms with Crippen molar-refractivity contribution < 1.29 is 18.4 Å². The van der Waals surface area contributed by atoms with Crippen molar-refractivity contribution in [3.8, 4) is 0 Å². The molecule has 3 N–H and O–H groups in total. The van der Waals surface area contributed by atoms with Crippen LogP contribution in [0, 0.1) is 11.6 Å². The molecule has 1 rings (SSSR count). The van der Waals surface area contributed by atoms with Crippen molar-refractivity contribution in [2.45, 2.75) is 13.8 Å². The Morgan fingerprint density at radius 1 is 1.10 bits per heavy atom. The molecule has 0 radical (unpaired) electrons. The molecule has 110 valence electrons. The molecule has 1 aromatic rings. The van der Waals surface area contributed by atoms with Crippen LogP contribution in [0.5, 0.6) is 0 Å². The molecule has 20 heavy (non-hydrogen) atoms. The van der Waals surface area contributed by atoms with E-state index < -0.39 is 17.5 Å². The number of nitrogens with one attached hydrogen (secondary N) is 3. The summed E-state index contributed by atoms with van der Waals surface area (Å²) in [5.74, 6) is -2.46. The summed E-state index contributed by atoms with van der Waals surface area (Å²) in [6.07, 6.45) is 0. The van der Waals surface area contributed by atoms with Crippen LogP contribution in [0.3, 0.4) is 0 Å². The maximum atomic E-state index is 13.6. The summed E-state index contributed by atoms with van der Waals surface area (Å²) in [7, 11) is 0. The summed E-state index contributed by atoms with van der Waals surface area (Å²) < 4.78 is 27.2. The predicted octanol–water partition coefficient (Wildman–Crippen LogP) is 1.26. The molecule has 0 fully saturated rings. The molecule has 0 aliphatic heterocycles. The lowest BCUT2D eigenvalue weighted by atomic mass is 10.1. The second-order valence-corrected chi connectivity index (χ2v) is 4.08. The smallest absolute Gasteiger partial charge is 0.251 e. The van der Waals surface area contributed by atoms with E-state index in [1.165, 1.54) is 6.92 Å². The molecule has 0 heterocycles. The molecule has 7 heteroatoms. The normalized spacial score (nSPS) is 10.0. The highest BCUT2D eigenvalue weighted by atomic mass is 19.1. The summed E-state index contributed by atoms with van der Waals surface area (Å²) in [6.45, 7) is 3.86. The van der Waals surface area contributed by atoms with Crippen LogP contribution in [0.2, 0.25) is 0 Å². The summed E-state index contributed by atoms with van der Waals surface area (Å²) in [6, 6.07) is 1.93. The first kappa shape index (κ1) is 15.9. The Kier molecular flexibility index (Phi) is 5.89. The molecular formula is C13H17F2N3O2. The number of benzene rings is 1. The van der Waals surface area contributed by atoms with Crippen molar-refractivity contribution in [2.24, 2.45) is 0 Å². The minimum absolute atomic E-state index is 0.107. The first-order valence-corrected chi connectivity index (χ1v) is 6.21. The zero-order valence-electron chi connectivity index (χ0n) is 11.3. The molecule has 0 spiro atoms. The van der Waals surface area contributed by atoms with Crippen molar-refractivity contribution >= 4 is 17.5 Å². The van der Waals surface area contributed by atoms with Gasteiger partial charge in [-0.2, -0.15) is 0 Å². The van der Waals surface area contributed by atoms with E-state index in [2.05, 4.69) is 16.0 Å². The lowest BCUT2D eigenvalue weighted by Crippen LogP contribution is -2.33. The topological polar surface area (TPSA) is 70.2 Å². The van der Waals surface area contributed by atoms with Gasteiger partial charge in [-0.1, -0.05) is 0 Å². The number of rotatable bonds is 6. The standard InChI is InChI=1S/C13H17F2N3O2/c1-3-16-12-10(14)6-9(7-11(12)15)13(20)18-5-4-17-8(2)19/h6-7,16H,3-5H2,1-2H3,(H,17,19)(H,18,20). The van der Waals surface area contributed by atoms with Gasteiger partial charge in [0.2, 0.25) is 5.91 Å². The summed E-state index contributed by atoms with van der Waals surface area (Å²) >= 11 is 0. The molecular weight excluding hydrogens is 268 g/mol. The fourth-order valence-corrected chi connectivity index (χ4v) is 1.57. The third kappa shape index (κ3) is 4.49. The van der Waals surface area contributed by atoms with Gasteiger partial charge in [0.25, 0.3) is 5.91 Å². The Bertz CT molecular complexity index is 483. The van der Waals surface area contributed by atoms with Gasteiger partial charge in [0.1, 0.15) is 17.3 Å². The number of hydrogen-bond donors (Lipinski definition) is 3. The minimum atomic E-state index is -0.820. The van der Waals surface area contributed by atoms with E-state index in [-0.39, 0.29) is 30.2 Å². The second kappa shape index (κ2) is 7.42. The van der Waals surface area contributed by atoms with Crippen LogP contribution >= 0.6 is 0 Å². The Balaban J connectivity index is 2.67. The van der Waals surface area contributed by atoms with Gasteiger partial charge in [-0.3, -0.25) is 9.59 Å². The first-order valence-electron chi connectivity index (χ1n) is 6.21. The van der Waals surface area contributed by atoms with Crippen molar-refractivity contribution in [3.63, 3.8) is 0 Å². The molecule has 0 atom stereocenters. The largest absolute Gasteiger partial charge is 0.381 e. The zero-order chi connectivity index (χ0) is 15.1. The van der Waals surface area contributed by atoms with Crippen LogP contribution in [0.4, 0.5) is 14.5 Å². The number of halogens is 2. The van der Waals surface area contributed by atoms with Crippen LogP contribution < -0.4 is 16.0 Å². The van der Waals surface area contributed by atoms with E-state index in [9.17, 15) is 18.4 Å². The van der Waals surface area contributed by atoms with Gasteiger partial charge in [0, 0.05) is 32.1 Å². The quantitative estimate of drug-likeness (QED) is 0.689. The molecule has 1 aromatic carbocycles. The fourth-order valence-electron chi connectivity index (χ4n) is 1.57. The lowest BCUT2D eigenvalue weighted by molar-refractivity contribution is -0.118. The number of amides is 2. The third-order valence-electron chi connectivity index (χ3n) is 2.44. The highest BCUT2D eigenvalue weighted by Crippen LogP contribution is 2.20. The number of carbonyl (C=O) groups excluding carboxylic acids is 2. The highest BCUT2D eigenvalue weighted by molar-refractivity contribution is 5.94. The van der Waals surface area contributed by atoms with E-state index in [4.69, 9.17) is 0 Å². The SMILES string of the molecule is CCNc1c(F)cc(C(=O)NCCNC(C)=O)cc1F. The zero-order valence-corrected chi connectivity index (χ0v) is 11.3. The minimum Gasteiger partial charge on any atom is -0.381 e. The van der Waals surface area contributed by atoms with Gasteiger partial charge in [-0.25, -0.2) is 8.78 Å². The van der Waals surface area contributed by atoms with E-state index in [1.807, 2.05) is 0 Å². The van der Waals surface area contributed by atoms with Crippen LogP contribution in [0.15, 0.2) is 12.1 Å². The van der Waals surface area contributed by atoms with Crippen molar-refractivity contribution in [1.29, 1.82) is 0 Å². The van der Waals surface area contributed by atoms with Crippen LogP contribution in [-0.2, 0) is 4.79 Å². The van der Waals surface area contributed by atoms with Crippen LogP contribution in [-0.4, -0.2) is 31.4 Å². The Hall–Kier alpha value is -2.18. The van der Waals surface area contributed by atoms with E-state index >= 15 is 0 Å². The predicted molar refractivity (Wildman–Crippen MR) is 71.5 cm³/mol. The van der Waals surface area contributed by atoms with E-state index in [0.29, 0.717) is 6.54 Å². The first-order chi connectivity index (χ1) is 9.45. The maximum absolute atomic E-state index is 13.6. The van der Waals surface area contributed by atoms with E-state index in [1.54, 1.807) is 6.92 Å². The highest BCUT2D eigenvalue weighted by Gasteiger charge is 2.14. The number of hydrogen-bond acceptors (Lipinski definition) is 3. The van der Waals surface area contributed by atoms with Gasteiger partial charge < -0.3 is 16.0 Å². The van der Waals surface area contributed by atoms with Crippen molar-refractivity contribution in [1.82, 2.24) is 10.6 Å². The van der Waals surface area contributed by atoms with Gasteiger partial charge in [0.15, 0.2) is 0 Å². The van der Waals surface area contributed by atoms with Crippen LogP contribution in [0.25, 0.3) is 0 Å².